The van der Waals surface area contributed by atoms with Gasteiger partial charge < -0.3 is 24.4 Å². The number of aryl methyl sites for hydroxylation is 1. The second kappa shape index (κ2) is 14.3. The number of methoxy groups -OCH3 is 1. The molecule has 1 amide bonds. The van der Waals surface area contributed by atoms with E-state index in [0.717, 1.165) is 86.7 Å². The molecule has 228 valence electrons. The Balaban J connectivity index is 1.44. The molecule has 1 aliphatic carbocycles. The number of hydrogen-bond donors (Lipinski definition) is 1. The molecule has 0 aromatic heterocycles. The van der Waals surface area contributed by atoms with Gasteiger partial charge in [0, 0.05) is 44.2 Å². The van der Waals surface area contributed by atoms with Gasteiger partial charge in [0.15, 0.2) is 0 Å². The Morgan fingerprint density at radius 1 is 1.19 bits per heavy atom. The number of benzene rings is 2. The predicted octanol–water partition coefficient (Wildman–Crippen LogP) is 6.94. The Labute approximate surface area is 256 Å². The number of halogens is 1. The summed E-state index contributed by atoms with van der Waals surface area (Å²) >= 11 is 6.42. The van der Waals surface area contributed by atoms with E-state index < -0.39 is 6.10 Å². The Kier molecular flexibility index (Phi) is 10.5. The Bertz CT molecular complexity index is 1240. The van der Waals surface area contributed by atoms with Gasteiger partial charge in [-0.1, -0.05) is 49.2 Å². The third-order valence-corrected chi connectivity index (χ3v) is 9.72. The summed E-state index contributed by atoms with van der Waals surface area (Å²) < 4.78 is 12.4. The van der Waals surface area contributed by atoms with E-state index in [-0.39, 0.29) is 24.3 Å². The summed E-state index contributed by atoms with van der Waals surface area (Å²) in [6.45, 7) is 8.10. The number of ether oxygens (including phenoxy) is 2. The SMILES string of the molecule is C/C=C/C(OC)C1CCC1CN1CC(c2ccc(Cl)cc2CCC)COc2ccc(C(O)CC(=O)N3CCCC3)cc21. The molecule has 1 N–H and O–H groups in total. The lowest BCUT2D eigenvalue weighted by Crippen LogP contribution is -2.44. The molecule has 1 saturated heterocycles. The van der Waals surface area contributed by atoms with Crippen LogP contribution in [0.2, 0.25) is 5.02 Å². The van der Waals surface area contributed by atoms with Gasteiger partial charge in [0.1, 0.15) is 5.75 Å². The average Bonchev–Trinajstić information content (AvgIpc) is 3.46. The molecule has 5 atom stereocenters. The zero-order valence-electron chi connectivity index (χ0n) is 25.4. The smallest absolute Gasteiger partial charge is 0.225 e. The quantitative estimate of drug-likeness (QED) is 0.286. The number of likely N-dealkylation sites (tertiary alicyclic amines) is 1. The highest BCUT2D eigenvalue weighted by atomic mass is 35.5. The van der Waals surface area contributed by atoms with Crippen molar-refractivity contribution in [2.75, 3.05) is 44.8 Å². The first-order valence-electron chi connectivity index (χ1n) is 15.8. The number of aliphatic hydroxyl groups excluding tert-OH is 1. The standard InChI is InChI=1S/C35H47ClN2O4/c1-4-8-24-18-28(36)12-14-29(24)27-22-38(21-26-10-13-30(26)33(41-3)9-5-2)31-19-25(11-15-34(31)42-23-27)32(39)20-35(40)37-16-6-7-17-37/h5,9,11-12,14-15,18-19,26-27,30,32-33,39H,4,6-8,10,13,16-17,20-23H2,1-3H3/b9-5+. The van der Waals surface area contributed by atoms with E-state index in [1.54, 1.807) is 7.11 Å². The lowest BCUT2D eigenvalue weighted by molar-refractivity contribution is -0.132. The number of fused-ring (bicyclic) bond motifs is 1. The first-order chi connectivity index (χ1) is 20.4. The van der Waals surface area contributed by atoms with Gasteiger partial charge in [0.2, 0.25) is 5.91 Å². The van der Waals surface area contributed by atoms with Crippen LogP contribution in [0.15, 0.2) is 48.6 Å². The van der Waals surface area contributed by atoms with Crippen molar-refractivity contribution in [2.24, 2.45) is 11.8 Å². The zero-order chi connectivity index (χ0) is 29.6. The molecule has 2 aromatic rings. The van der Waals surface area contributed by atoms with Gasteiger partial charge in [-0.3, -0.25) is 4.79 Å². The van der Waals surface area contributed by atoms with E-state index in [1.807, 2.05) is 30.0 Å². The Morgan fingerprint density at radius 2 is 2.00 bits per heavy atom. The number of anilines is 1. The first-order valence-corrected chi connectivity index (χ1v) is 16.2. The second-order valence-electron chi connectivity index (χ2n) is 12.3. The number of amides is 1. The van der Waals surface area contributed by atoms with E-state index in [2.05, 4.69) is 42.2 Å². The van der Waals surface area contributed by atoms with Gasteiger partial charge in [0.05, 0.1) is 30.9 Å². The molecule has 2 fully saturated rings. The number of hydrogen-bond acceptors (Lipinski definition) is 5. The van der Waals surface area contributed by atoms with Gasteiger partial charge >= 0.3 is 0 Å². The maximum absolute atomic E-state index is 12.8. The topological polar surface area (TPSA) is 62.2 Å². The van der Waals surface area contributed by atoms with Crippen molar-refractivity contribution in [3.8, 4) is 5.75 Å². The molecular formula is C35H47ClN2O4. The predicted molar refractivity (Wildman–Crippen MR) is 170 cm³/mol. The number of rotatable bonds is 11. The van der Waals surface area contributed by atoms with Gasteiger partial charge in [-0.05, 0) is 91.8 Å². The average molecular weight is 595 g/mol. The molecular weight excluding hydrogens is 548 g/mol. The fraction of sp³-hybridized carbons (Fsp3) is 0.571. The van der Waals surface area contributed by atoms with Crippen molar-refractivity contribution < 1.29 is 19.4 Å². The van der Waals surface area contributed by atoms with Crippen LogP contribution in [0.5, 0.6) is 5.75 Å². The van der Waals surface area contributed by atoms with Gasteiger partial charge in [-0.25, -0.2) is 0 Å². The van der Waals surface area contributed by atoms with Crippen LogP contribution in [0, 0.1) is 11.8 Å². The molecule has 5 unspecified atom stereocenters. The maximum atomic E-state index is 12.8. The summed E-state index contributed by atoms with van der Waals surface area (Å²) in [5.74, 6) is 1.99. The molecule has 42 heavy (non-hydrogen) atoms. The van der Waals surface area contributed by atoms with Crippen molar-refractivity contribution in [3.05, 3.63) is 70.3 Å². The summed E-state index contributed by atoms with van der Waals surface area (Å²) in [6.07, 6.45) is 10.1. The number of carbonyl (C=O) groups excluding carboxylic acids is 1. The lowest BCUT2D eigenvalue weighted by Gasteiger charge is -2.43. The number of aliphatic hydroxyl groups is 1. The van der Waals surface area contributed by atoms with Crippen LogP contribution < -0.4 is 9.64 Å². The van der Waals surface area contributed by atoms with E-state index in [0.29, 0.717) is 18.4 Å². The van der Waals surface area contributed by atoms with Crippen LogP contribution in [0.3, 0.4) is 0 Å². The molecule has 0 radical (unpaired) electrons. The zero-order valence-corrected chi connectivity index (χ0v) is 26.2. The summed E-state index contributed by atoms with van der Waals surface area (Å²) in [7, 11) is 1.80. The van der Waals surface area contributed by atoms with Gasteiger partial charge in [0.25, 0.3) is 0 Å². The number of nitrogens with zero attached hydrogens (tertiary/aromatic N) is 2. The van der Waals surface area contributed by atoms with Gasteiger partial charge in [-0.2, -0.15) is 0 Å². The second-order valence-corrected chi connectivity index (χ2v) is 12.7. The minimum Gasteiger partial charge on any atom is -0.491 e. The van der Waals surface area contributed by atoms with Crippen LogP contribution in [0.4, 0.5) is 5.69 Å². The molecule has 2 aliphatic heterocycles. The van der Waals surface area contributed by atoms with Crippen LogP contribution in [0.1, 0.15) is 81.1 Å². The van der Waals surface area contributed by atoms with Gasteiger partial charge in [-0.15, -0.1) is 0 Å². The number of carbonyl (C=O) groups is 1. The fourth-order valence-corrected chi connectivity index (χ4v) is 7.23. The minimum atomic E-state index is -0.847. The minimum absolute atomic E-state index is 0.0289. The molecule has 0 spiro atoms. The molecule has 6 nitrogen and oxygen atoms in total. The van der Waals surface area contributed by atoms with E-state index in [9.17, 15) is 9.90 Å². The highest BCUT2D eigenvalue weighted by Crippen LogP contribution is 2.43. The summed E-state index contributed by atoms with van der Waals surface area (Å²) in [4.78, 5) is 17.2. The number of allylic oxidation sites excluding steroid dienone is 1. The molecule has 2 aromatic carbocycles. The summed E-state index contributed by atoms with van der Waals surface area (Å²) in [6, 6.07) is 12.2. The Morgan fingerprint density at radius 3 is 2.69 bits per heavy atom. The third-order valence-electron chi connectivity index (χ3n) is 9.49. The first kappa shape index (κ1) is 30.9. The highest BCUT2D eigenvalue weighted by Gasteiger charge is 2.38. The Hall–Kier alpha value is -2.54. The third kappa shape index (κ3) is 6.98. The van der Waals surface area contributed by atoms with Crippen molar-refractivity contribution in [1.82, 2.24) is 4.90 Å². The largest absolute Gasteiger partial charge is 0.491 e. The summed E-state index contributed by atoms with van der Waals surface area (Å²) in [5, 5.41) is 11.9. The molecule has 2 heterocycles. The van der Waals surface area contributed by atoms with E-state index >= 15 is 0 Å². The highest BCUT2D eigenvalue weighted by molar-refractivity contribution is 6.30. The lowest BCUT2D eigenvalue weighted by atomic mass is 9.70. The van der Waals surface area contributed by atoms with Crippen molar-refractivity contribution >= 4 is 23.2 Å². The molecule has 5 rings (SSSR count). The van der Waals surface area contributed by atoms with E-state index in [4.69, 9.17) is 21.1 Å². The van der Waals surface area contributed by atoms with Crippen LogP contribution in [-0.4, -0.2) is 61.9 Å². The maximum Gasteiger partial charge on any atom is 0.225 e. The van der Waals surface area contributed by atoms with Crippen molar-refractivity contribution in [1.29, 1.82) is 0 Å². The molecule has 3 aliphatic rings. The van der Waals surface area contributed by atoms with Crippen LogP contribution in [0.25, 0.3) is 0 Å². The van der Waals surface area contributed by atoms with Crippen LogP contribution >= 0.6 is 11.6 Å². The fourth-order valence-electron chi connectivity index (χ4n) is 7.04. The normalized spacial score (nSPS) is 23.7. The van der Waals surface area contributed by atoms with Crippen molar-refractivity contribution in [3.63, 3.8) is 0 Å². The monoisotopic (exact) mass is 594 g/mol. The molecule has 7 heteroatoms. The molecule has 1 saturated carbocycles. The van der Waals surface area contributed by atoms with E-state index in [1.165, 1.54) is 11.1 Å². The summed E-state index contributed by atoms with van der Waals surface area (Å²) in [5.41, 5.74) is 4.35. The van der Waals surface area contributed by atoms with Crippen molar-refractivity contribution in [2.45, 2.75) is 76.9 Å². The molecule has 0 bridgehead atoms. The van der Waals surface area contributed by atoms with Crippen LogP contribution in [-0.2, 0) is 16.0 Å².